The Morgan fingerprint density at radius 3 is 2.14 bits per heavy atom. The minimum Gasteiger partial charge on any atom is -0.326 e. The van der Waals surface area contributed by atoms with Crippen molar-refractivity contribution in [2.45, 2.75) is 16.7 Å². The van der Waals surface area contributed by atoms with Crippen molar-refractivity contribution in [2.24, 2.45) is 7.05 Å². The number of aromatic nitrogens is 1. The molecule has 36 heavy (non-hydrogen) atoms. The topological polar surface area (TPSA) is 143 Å². The van der Waals surface area contributed by atoms with Crippen LogP contribution in [0.25, 0.3) is 10.9 Å². The van der Waals surface area contributed by atoms with Crippen LogP contribution >= 0.6 is 23.1 Å². The van der Waals surface area contributed by atoms with Crippen LogP contribution in [0.4, 0.5) is 17.1 Å². The van der Waals surface area contributed by atoms with Crippen LogP contribution in [0.2, 0.25) is 5.02 Å². The van der Waals surface area contributed by atoms with Gasteiger partial charge in [0.05, 0.1) is 32.1 Å². The van der Waals surface area contributed by atoms with E-state index < -0.39 is 20.0 Å². The van der Waals surface area contributed by atoms with Crippen molar-refractivity contribution in [3.8, 4) is 0 Å². The molecule has 1 amide bonds. The van der Waals surface area contributed by atoms with E-state index in [1.165, 1.54) is 67.6 Å². The predicted molar refractivity (Wildman–Crippen MR) is 141 cm³/mol. The minimum absolute atomic E-state index is 0.0681. The van der Waals surface area contributed by atoms with Crippen LogP contribution in [0.3, 0.4) is 0 Å². The van der Waals surface area contributed by atoms with E-state index in [1.54, 1.807) is 11.0 Å². The number of amides is 1. The standard InChI is InChI=1S/C22H19ClN4O6S3/c1-13(28)24-15-4-6-16(7-5-15)35(30,31)25-19-9-3-14(23)11-20(19)26-36(32,33)17-8-10-21-18(12-17)22(29)34-27(21)2/h3-12,25-26H,1-2H3,(H,24,28). The Morgan fingerprint density at radius 2 is 1.47 bits per heavy atom. The molecule has 0 radical (unpaired) electrons. The molecule has 0 unspecified atom stereocenters. The second-order valence-corrected chi connectivity index (χ2v) is 12.6. The summed E-state index contributed by atoms with van der Waals surface area (Å²) in [5.74, 6) is -0.305. The van der Waals surface area contributed by atoms with Crippen LogP contribution in [-0.4, -0.2) is 26.7 Å². The molecule has 14 heteroatoms. The molecule has 0 aliphatic carbocycles. The minimum atomic E-state index is -4.22. The van der Waals surface area contributed by atoms with E-state index in [-0.39, 0.29) is 42.2 Å². The molecule has 0 bridgehead atoms. The van der Waals surface area contributed by atoms with Crippen LogP contribution in [0.5, 0.6) is 0 Å². The van der Waals surface area contributed by atoms with Crippen LogP contribution in [0.1, 0.15) is 6.92 Å². The van der Waals surface area contributed by atoms with Gasteiger partial charge in [0.2, 0.25) is 5.91 Å². The van der Waals surface area contributed by atoms with Gasteiger partial charge in [-0.3, -0.25) is 23.0 Å². The fourth-order valence-electron chi connectivity index (χ4n) is 3.36. The smallest absolute Gasteiger partial charge is 0.261 e. The number of nitrogens with one attached hydrogen (secondary N) is 3. The van der Waals surface area contributed by atoms with Crippen molar-refractivity contribution < 1.29 is 21.6 Å². The molecule has 3 N–H and O–H groups in total. The summed E-state index contributed by atoms with van der Waals surface area (Å²) in [4.78, 5) is 23.1. The van der Waals surface area contributed by atoms with Gasteiger partial charge < -0.3 is 5.32 Å². The normalized spacial score (nSPS) is 11.9. The molecule has 1 heterocycles. The lowest BCUT2D eigenvalue weighted by Gasteiger charge is -2.15. The first-order valence-corrected chi connectivity index (χ1v) is 14.3. The van der Waals surface area contributed by atoms with E-state index in [0.717, 1.165) is 11.5 Å². The van der Waals surface area contributed by atoms with Crippen molar-refractivity contribution in [1.82, 2.24) is 3.96 Å². The molecule has 0 atom stereocenters. The lowest BCUT2D eigenvalue weighted by molar-refractivity contribution is -0.114. The number of halogens is 1. The van der Waals surface area contributed by atoms with Gasteiger partial charge in [-0.15, -0.1) is 0 Å². The second kappa shape index (κ2) is 9.58. The average Bonchev–Trinajstić information content (AvgIpc) is 3.08. The number of benzene rings is 3. The number of hydrogen-bond acceptors (Lipinski definition) is 7. The molecule has 0 saturated carbocycles. The van der Waals surface area contributed by atoms with E-state index in [4.69, 9.17) is 11.6 Å². The number of aryl methyl sites for hydroxylation is 1. The summed E-state index contributed by atoms with van der Waals surface area (Å²) < 4.78 is 58.2. The van der Waals surface area contributed by atoms with Crippen molar-refractivity contribution in [3.63, 3.8) is 0 Å². The predicted octanol–water partition coefficient (Wildman–Crippen LogP) is 3.81. The molecular weight excluding hydrogens is 548 g/mol. The van der Waals surface area contributed by atoms with E-state index >= 15 is 0 Å². The maximum absolute atomic E-state index is 13.1. The summed E-state index contributed by atoms with van der Waals surface area (Å²) in [5, 5.41) is 2.95. The highest BCUT2D eigenvalue weighted by Gasteiger charge is 2.21. The Hall–Kier alpha value is -3.39. The summed E-state index contributed by atoms with van der Waals surface area (Å²) in [6.07, 6.45) is 0. The average molecular weight is 567 g/mol. The first kappa shape index (κ1) is 25.7. The summed E-state index contributed by atoms with van der Waals surface area (Å²) in [6.45, 7) is 1.33. The monoisotopic (exact) mass is 566 g/mol. The molecule has 188 valence electrons. The molecule has 0 aliphatic rings. The van der Waals surface area contributed by atoms with Gasteiger partial charge in [-0.1, -0.05) is 11.6 Å². The van der Waals surface area contributed by atoms with E-state index in [2.05, 4.69) is 14.8 Å². The zero-order chi connectivity index (χ0) is 26.3. The largest absolute Gasteiger partial charge is 0.326 e. The lowest BCUT2D eigenvalue weighted by Crippen LogP contribution is -2.18. The maximum Gasteiger partial charge on any atom is 0.261 e. The van der Waals surface area contributed by atoms with Crippen LogP contribution in [0.15, 0.2) is 75.2 Å². The van der Waals surface area contributed by atoms with Crippen molar-refractivity contribution >= 4 is 77.1 Å². The van der Waals surface area contributed by atoms with Crippen molar-refractivity contribution in [1.29, 1.82) is 0 Å². The van der Waals surface area contributed by atoms with Crippen LogP contribution in [0, 0.1) is 0 Å². The molecular formula is C22H19ClN4O6S3. The van der Waals surface area contributed by atoms with Gasteiger partial charge in [-0.2, -0.15) is 0 Å². The maximum atomic E-state index is 13.1. The highest BCUT2D eigenvalue weighted by atomic mass is 35.5. The third-order valence-corrected chi connectivity index (χ3v) is 8.85. The molecule has 10 nitrogen and oxygen atoms in total. The number of carbonyl (C=O) groups excluding carboxylic acids is 1. The number of sulfonamides is 2. The van der Waals surface area contributed by atoms with Gasteiger partial charge in [0.25, 0.3) is 24.8 Å². The third kappa shape index (κ3) is 5.38. The number of fused-ring (bicyclic) bond motifs is 1. The fourth-order valence-corrected chi connectivity index (χ4v) is 6.48. The molecule has 0 fully saturated rings. The lowest BCUT2D eigenvalue weighted by atomic mass is 10.2. The van der Waals surface area contributed by atoms with Crippen LogP contribution in [-0.2, 0) is 31.9 Å². The molecule has 0 spiro atoms. The molecule has 0 aliphatic heterocycles. The number of rotatable bonds is 7. The van der Waals surface area contributed by atoms with Gasteiger partial charge in [-0.05, 0) is 72.2 Å². The summed E-state index contributed by atoms with van der Waals surface area (Å²) in [5.41, 5.74) is 0.823. The highest BCUT2D eigenvalue weighted by Crippen LogP contribution is 2.31. The second-order valence-electron chi connectivity index (χ2n) is 7.66. The Bertz CT molecular complexity index is 1760. The Labute approximate surface area is 215 Å². The molecule has 1 aromatic heterocycles. The molecule has 3 aromatic carbocycles. The molecule has 4 aromatic rings. The first-order valence-electron chi connectivity index (χ1n) is 10.2. The van der Waals surface area contributed by atoms with E-state index in [1.807, 2.05) is 0 Å². The van der Waals surface area contributed by atoms with E-state index in [9.17, 15) is 26.4 Å². The van der Waals surface area contributed by atoms with Gasteiger partial charge in [0, 0.05) is 24.7 Å². The zero-order valence-electron chi connectivity index (χ0n) is 18.8. The number of hydrogen-bond donors (Lipinski definition) is 3. The van der Waals surface area contributed by atoms with Crippen molar-refractivity contribution in [2.75, 3.05) is 14.8 Å². The number of carbonyl (C=O) groups is 1. The molecule has 4 rings (SSSR count). The van der Waals surface area contributed by atoms with Gasteiger partial charge >= 0.3 is 0 Å². The zero-order valence-corrected chi connectivity index (χ0v) is 22.0. The summed E-state index contributed by atoms with van der Waals surface area (Å²) >= 11 is 7.00. The Balaban J connectivity index is 1.66. The highest BCUT2D eigenvalue weighted by molar-refractivity contribution is 7.93. The third-order valence-electron chi connectivity index (χ3n) is 5.01. The van der Waals surface area contributed by atoms with Gasteiger partial charge in [0.15, 0.2) is 0 Å². The number of nitrogens with zero attached hydrogens (tertiary/aromatic N) is 1. The van der Waals surface area contributed by atoms with Gasteiger partial charge in [-0.25, -0.2) is 16.8 Å². The summed E-state index contributed by atoms with van der Waals surface area (Å²) in [7, 11) is -6.65. The first-order chi connectivity index (χ1) is 16.9. The van der Waals surface area contributed by atoms with Gasteiger partial charge in [0.1, 0.15) is 0 Å². The molecule has 0 saturated heterocycles. The van der Waals surface area contributed by atoms with Crippen molar-refractivity contribution in [3.05, 3.63) is 75.2 Å². The Morgan fingerprint density at radius 1 is 0.861 bits per heavy atom. The Kier molecular flexibility index (Phi) is 6.84. The van der Waals surface area contributed by atoms with Crippen LogP contribution < -0.4 is 19.5 Å². The number of anilines is 3. The summed E-state index contributed by atoms with van der Waals surface area (Å²) in [6, 6.07) is 13.6. The quantitative estimate of drug-likeness (QED) is 0.310. The van der Waals surface area contributed by atoms with E-state index in [0.29, 0.717) is 11.2 Å². The fraction of sp³-hybridized carbons (Fsp3) is 0.0909. The SMILES string of the molecule is CC(=O)Nc1ccc(S(=O)(=O)Nc2ccc(Cl)cc2NS(=O)(=O)c2ccc3c(c2)c(=O)sn3C)cc1.